The molecule has 127 valence electrons. The minimum absolute atomic E-state index is 0.0989. The van der Waals surface area contributed by atoms with Crippen molar-refractivity contribution < 1.29 is 9.21 Å². The molecule has 0 aliphatic rings. The first-order valence-electron chi connectivity index (χ1n) is 8.50. The molecular weight excluding hydrogens is 312 g/mol. The van der Waals surface area contributed by atoms with Gasteiger partial charge in [0, 0.05) is 6.54 Å². The quantitative estimate of drug-likeness (QED) is 0.720. The van der Waals surface area contributed by atoms with E-state index in [2.05, 4.69) is 16.4 Å². The Hall–Kier alpha value is -2.88. The van der Waals surface area contributed by atoms with E-state index in [1.54, 1.807) is 6.26 Å². The Morgan fingerprint density at radius 2 is 1.96 bits per heavy atom. The average molecular weight is 333 g/mol. The molecule has 0 saturated carbocycles. The molecule has 0 spiro atoms. The predicted molar refractivity (Wildman–Crippen MR) is 96.2 cm³/mol. The Morgan fingerprint density at radius 3 is 2.64 bits per heavy atom. The molecule has 25 heavy (non-hydrogen) atoms. The molecule has 1 atom stereocenters. The van der Waals surface area contributed by atoms with Gasteiger partial charge in [-0.1, -0.05) is 61.5 Å². The zero-order chi connectivity index (χ0) is 17.5. The number of nitrogens with one attached hydrogen (secondary N) is 1. The van der Waals surface area contributed by atoms with E-state index in [4.69, 9.17) is 4.42 Å². The standard InChI is InChI=1S/C21H21N2O2/c1-2-18-15-25-21(23-18)19(17-11-7-4-8-12-17)20(24)22-14-13-16-9-5-3-6-10-16/h4-12,15,19H,2,13-14H2,1H3,(H,22,24)/t19-/m1/s1. The maximum absolute atomic E-state index is 12.8. The summed E-state index contributed by atoms with van der Waals surface area (Å²) in [4.78, 5) is 17.3. The van der Waals surface area contributed by atoms with Crippen molar-refractivity contribution in [3.63, 3.8) is 0 Å². The maximum atomic E-state index is 12.8. The van der Waals surface area contributed by atoms with Gasteiger partial charge in [0.15, 0.2) is 0 Å². The highest BCUT2D eigenvalue weighted by Gasteiger charge is 2.27. The number of aromatic nitrogens is 1. The normalized spacial score (nSPS) is 11.9. The smallest absolute Gasteiger partial charge is 0.237 e. The highest BCUT2D eigenvalue weighted by molar-refractivity contribution is 5.86. The van der Waals surface area contributed by atoms with Crippen molar-refractivity contribution in [2.45, 2.75) is 25.7 Å². The minimum atomic E-state index is -0.536. The van der Waals surface area contributed by atoms with Crippen LogP contribution in [0.3, 0.4) is 0 Å². The number of carbonyl (C=O) groups is 1. The number of oxazole rings is 1. The molecule has 0 saturated heterocycles. The summed E-state index contributed by atoms with van der Waals surface area (Å²) < 4.78 is 5.58. The number of hydrogen-bond donors (Lipinski definition) is 1. The molecule has 1 amide bonds. The molecule has 1 N–H and O–H groups in total. The monoisotopic (exact) mass is 333 g/mol. The summed E-state index contributed by atoms with van der Waals surface area (Å²) in [5.74, 6) is -0.196. The first-order valence-corrected chi connectivity index (χ1v) is 8.50. The van der Waals surface area contributed by atoms with Gasteiger partial charge in [-0.05, 0) is 30.0 Å². The number of nitrogens with zero attached hydrogens (tertiary/aromatic N) is 1. The average Bonchev–Trinajstić information content (AvgIpc) is 3.12. The Kier molecular flexibility index (Phi) is 5.62. The molecule has 2 aromatic carbocycles. The van der Waals surface area contributed by atoms with E-state index in [9.17, 15) is 4.79 Å². The second-order valence-electron chi connectivity index (χ2n) is 5.82. The van der Waals surface area contributed by atoms with Crippen LogP contribution in [0.1, 0.15) is 35.6 Å². The third-order valence-corrected chi connectivity index (χ3v) is 4.07. The summed E-state index contributed by atoms with van der Waals surface area (Å²) in [6.45, 7) is 2.57. The summed E-state index contributed by atoms with van der Waals surface area (Å²) in [5, 5.41) is 3.01. The molecule has 0 aliphatic heterocycles. The second-order valence-corrected chi connectivity index (χ2v) is 5.82. The number of aryl methyl sites for hydroxylation is 1. The number of hydrogen-bond acceptors (Lipinski definition) is 3. The van der Waals surface area contributed by atoms with E-state index in [0.717, 1.165) is 24.1 Å². The van der Waals surface area contributed by atoms with Gasteiger partial charge in [0.05, 0.1) is 5.69 Å². The molecule has 3 rings (SSSR count). The third-order valence-electron chi connectivity index (χ3n) is 4.07. The van der Waals surface area contributed by atoms with Crippen LogP contribution in [0.4, 0.5) is 0 Å². The van der Waals surface area contributed by atoms with Crippen molar-refractivity contribution in [3.05, 3.63) is 89.6 Å². The third kappa shape index (κ3) is 4.35. The Bertz CT molecular complexity index is 797. The van der Waals surface area contributed by atoms with Crippen LogP contribution in [0.2, 0.25) is 0 Å². The minimum Gasteiger partial charge on any atom is -0.447 e. The van der Waals surface area contributed by atoms with Gasteiger partial charge in [0.1, 0.15) is 12.2 Å². The van der Waals surface area contributed by atoms with Gasteiger partial charge in [-0.15, -0.1) is 0 Å². The van der Waals surface area contributed by atoms with Crippen LogP contribution in [0.5, 0.6) is 0 Å². The fourth-order valence-electron chi connectivity index (χ4n) is 2.69. The second kappa shape index (κ2) is 8.29. The molecule has 1 radical (unpaired) electrons. The van der Waals surface area contributed by atoms with Gasteiger partial charge in [0.2, 0.25) is 11.8 Å². The van der Waals surface area contributed by atoms with Gasteiger partial charge in [0.25, 0.3) is 0 Å². The van der Waals surface area contributed by atoms with Crippen molar-refractivity contribution in [2.75, 3.05) is 6.54 Å². The van der Waals surface area contributed by atoms with Crippen LogP contribution in [-0.2, 0) is 17.6 Å². The fraction of sp³-hybridized carbons (Fsp3) is 0.238. The maximum Gasteiger partial charge on any atom is 0.237 e. The number of carbonyl (C=O) groups excluding carboxylic acids is 1. The first-order chi connectivity index (χ1) is 12.3. The van der Waals surface area contributed by atoms with E-state index in [-0.39, 0.29) is 5.91 Å². The van der Waals surface area contributed by atoms with Gasteiger partial charge < -0.3 is 9.73 Å². The van der Waals surface area contributed by atoms with E-state index in [1.165, 1.54) is 5.56 Å². The number of benzene rings is 2. The Labute approximate surface area is 147 Å². The van der Waals surface area contributed by atoms with Gasteiger partial charge in [-0.3, -0.25) is 4.79 Å². The molecule has 1 aromatic heterocycles. The van der Waals surface area contributed by atoms with E-state index < -0.39 is 5.92 Å². The SMILES string of the molecule is CCc1coc([C@@H](C(=O)NCCc2cc[c]cc2)c2ccccc2)n1. The zero-order valence-electron chi connectivity index (χ0n) is 14.2. The molecule has 0 unspecified atom stereocenters. The molecule has 0 fully saturated rings. The van der Waals surface area contributed by atoms with E-state index in [1.807, 2.05) is 61.5 Å². The number of rotatable bonds is 7. The van der Waals surface area contributed by atoms with Crippen molar-refractivity contribution in [1.29, 1.82) is 0 Å². The van der Waals surface area contributed by atoms with Crippen LogP contribution in [0.25, 0.3) is 0 Å². The lowest BCUT2D eigenvalue weighted by Gasteiger charge is -2.14. The summed E-state index contributed by atoms with van der Waals surface area (Å²) in [7, 11) is 0. The van der Waals surface area contributed by atoms with Gasteiger partial charge >= 0.3 is 0 Å². The highest BCUT2D eigenvalue weighted by Crippen LogP contribution is 2.24. The molecular formula is C21H21N2O2. The van der Waals surface area contributed by atoms with Crippen LogP contribution >= 0.6 is 0 Å². The summed E-state index contributed by atoms with van der Waals surface area (Å²) in [6, 6.07) is 20.4. The molecule has 4 nitrogen and oxygen atoms in total. The summed E-state index contributed by atoms with van der Waals surface area (Å²) >= 11 is 0. The Balaban J connectivity index is 1.73. The topological polar surface area (TPSA) is 55.1 Å². The van der Waals surface area contributed by atoms with E-state index in [0.29, 0.717) is 12.4 Å². The molecule has 1 heterocycles. The van der Waals surface area contributed by atoms with Crippen molar-refractivity contribution in [1.82, 2.24) is 10.3 Å². The van der Waals surface area contributed by atoms with Crippen LogP contribution < -0.4 is 5.32 Å². The van der Waals surface area contributed by atoms with Gasteiger partial charge in [-0.2, -0.15) is 0 Å². The molecule has 3 aromatic rings. The lowest BCUT2D eigenvalue weighted by molar-refractivity contribution is -0.122. The van der Waals surface area contributed by atoms with Crippen LogP contribution in [0.15, 0.2) is 65.3 Å². The lowest BCUT2D eigenvalue weighted by Crippen LogP contribution is -2.31. The molecule has 0 aliphatic carbocycles. The van der Waals surface area contributed by atoms with Crippen LogP contribution in [-0.4, -0.2) is 17.4 Å². The zero-order valence-corrected chi connectivity index (χ0v) is 14.2. The van der Waals surface area contributed by atoms with E-state index >= 15 is 0 Å². The van der Waals surface area contributed by atoms with Crippen molar-refractivity contribution in [2.24, 2.45) is 0 Å². The van der Waals surface area contributed by atoms with Crippen LogP contribution in [0, 0.1) is 6.07 Å². The summed E-state index contributed by atoms with van der Waals surface area (Å²) in [5.41, 5.74) is 2.89. The number of amides is 1. The highest BCUT2D eigenvalue weighted by atomic mass is 16.3. The lowest BCUT2D eigenvalue weighted by atomic mass is 9.98. The first kappa shape index (κ1) is 17.0. The molecule has 0 bridgehead atoms. The predicted octanol–water partition coefficient (Wildman–Crippen LogP) is 3.53. The van der Waals surface area contributed by atoms with Crippen molar-refractivity contribution in [3.8, 4) is 0 Å². The van der Waals surface area contributed by atoms with Crippen molar-refractivity contribution >= 4 is 5.91 Å². The Morgan fingerprint density at radius 1 is 1.20 bits per heavy atom. The summed E-state index contributed by atoms with van der Waals surface area (Å²) in [6.07, 6.45) is 3.17. The largest absolute Gasteiger partial charge is 0.447 e. The van der Waals surface area contributed by atoms with Gasteiger partial charge in [-0.25, -0.2) is 4.98 Å². The fourth-order valence-corrected chi connectivity index (χ4v) is 2.69. The molecule has 4 heteroatoms.